The van der Waals surface area contributed by atoms with Crippen LogP contribution in [0.25, 0.3) is 16.8 Å². The minimum atomic E-state index is -0.117. The van der Waals surface area contributed by atoms with Crippen LogP contribution in [0.4, 0.5) is 11.6 Å². The number of hydrogen-bond acceptors (Lipinski definition) is 6. The molecule has 1 aliphatic rings. The van der Waals surface area contributed by atoms with E-state index in [0.29, 0.717) is 17.2 Å². The Morgan fingerprint density at radius 1 is 1.21 bits per heavy atom. The van der Waals surface area contributed by atoms with Crippen molar-refractivity contribution in [3.8, 4) is 11.3 Å². The van der Waals surface area contributed by atoms with E-state index in [2.05, 4.69) is 22.2 Å². The fourth-order valence-electron chi connectivity index (χ4n) is 4.37. The van der Waals surface area contributed by atoms with Crippen molar-refractivity contribution in [1.82, 2.24) is 24.7 Å². The SMILES string of the molecule is CCc1ccnc(N(C)C(=O)c2ccc(-c3nc([C@@H]4CCCN4)n4ccnc(N)c34)cc2)c1. The minimum Gasteiger partial charge on any atom is -0.382 e. The van der Waals surface area contributed by atoms with Crippen LogP contribution in [-0.2, 0) is 6.42 Å². The molecule has 1 amide bonds. The highest BCUT2D eigenvalue weighted by Crippen LogP contribution is 2.32. The molecular weight excluding hydrogens is 414 g/mol. The van der Waals surface area contributed by atoms with Crippen LogP contribution in [0.2, 0.25) is 0 Å². The van der Waals surface area contributed by atoms with Gasteiger partial charge in [-0.2, -0.15) is 0 Å². The molecule has 0 aliphatic carbocycles. The maximum absolute atomic E-state index is 13.1. The normalized spacial score (nSPS) is 15.8. The number of pyridine rings is 1. The van der Waals surface area contributed by atoms with Crippen LogP contribution >= 0.6 is 0 Å². The van der Waals surface area contributed by atoms with E-state index in [1.54, 1.807) is 24.3 Å². The van der Waals surface area contributed by atoms with Gasteiger partial charge in [0.15, 0.2) is 0 Å². The number of nitrogens with zero attached hydrogens (tertiary/aromatic N) is 5. The molecule has 1 aromatic carbocycles. The molecule has 0 saturated carbocycles. The lowest BCUT2D eigenvalue weighted by atomic mass is 10.1. The zero-order valence-corrected chi connectivity index (χ0v) is 18.8. The number of nitrogens with one attached hydrogen (secondary N) is 1. The first kappa shape index (κ1) is 21.1. The smallest absolute Gasteiger partial charge is 0.259 e. The van der Waals surface area contributed by atoms with Gasteiger partial charge in [0.1, 0.15) is 28.7 Å². The van der Waals surface area contributed by atoms with Gasteiger partial charge in [0, 0.05) is 36.8 Å². The van der Waals surface area contributed by atoms with Crippen molar-refractivity contribution < 1.29 is 4.79 Å². The average molecular weight is 442 g/mol. The Kier molecular flexibility index (Phi) is 5.51. The van der Waals surface area contributed by atoms with Gasteiger partial charge >= 0.3 is 0 Å². The van der Waals surface area contributed by atoms with Crippen LogP contribution in [-0.4, -0.2) is 38.9 Å². The average Bonchev–Trinajstić information content (AvgIpc) is 3.52. The third-order valence-electron chi connectivity index (χ3n) is 6.25. The van der Waals surface area contributed by atoms with Crippen LogP contribution in [0.5, 0.6) is 0 Å². The highest BCUT2D eigenvalue weighted by Gasteiger charge is 2.25. The Morgan fingerprint density at radius 3 is 2.76 bits per heavy atom. The second-order valence-electron chi connectivity index (χ2n) is 8.32. The van der Waals surface area contributed by atoms with Crippen molar-refractivity contribution in [2.75, 3.05) is 24.2 Å². The standard InChI is InChI=1S/C25H27N7O/c1-3-16-10-12-28-20(15-16)31(2)25(33)18-8-6-17(7-9-18)21-22-23(26)29-13-14-32(22)24(30-21)19-5-4-11-27-19/h6-10,12-15,19,27H,3-5,11H2,1-2H3,(H2,26,29)/t19-/m0/s1. The Morgan fingerprint density at radius 2 is 2.03 bits per heavy atom. The Balaban J connectivity index is 1.48. The number of carbonyl (C=O) groups excluding carboxylic acids is 1. The van der Waals surface area contributed by atoms with Gasteiger partial charge in [-0.05, 0) is 55.6 Å². The molecule has 8 nitrogen and oxygen atoms in total. The summed E-state index contributed by atoms with van der Waals surface area (Å²) in [5.41, 5.74) is 10.4. The summed E-state index contributed by atoms with van der Waals surface area (Å²) in [6, 6.07) is 11.6. The Bertz CT molecular complexity index is 1310. The second kappa shape index (κ2) is 8.63. The van der Waals surface area contributed by atoms with E-state index in [9.17, 15) is 4.79 Å². The number of hydrogen-bond donors (Lipinski definition) is 2. The molecular formula is C25H27N7O. The van der Waals surface area contributed by atoms with Gasteiger partial charge in [-0.3, -0.25) is 14.1 Å². The maximum Gasteiger partial charge on any atom is 0.259 e. The second-order valence-corrected chi connectivity index (χ2v) is 8.32. The summed E-state index contributed by atoms with van der Waals surface area (Å²) in [6.07, 6.45) is 8.39. The summed E-state index contributed by atoms with van der Waals surface area (Å²) in [5, 5.41) is 3.51. The van der Waals surface area contributed by atoms with Crippen molar-refractivity contribution in [3.63, 3.8) is 0 Å². The van der Waals surface area contributed by atoms with Crippen molar-refractivity contribution in [2.24, 2.45) is 0 Å². The van der Waals surface area contributed by atoms with Gasteiger partial charge in [0.2, 0.25) is 0 Å². The molecule has 5 rings (SSSR count). The fourth-order valence-corrected chi connectivity index (χ4v) is 4.37. The van der Waals surface area contributed by atoms with Crippen molar-refractivity contribution in [3.05, 3.63) is 71.9 Å². The van der Waals surface area contributed by atoms with Crippen LogP contribution in [0.3, 0.4) is 0 Å². The van der Waals surface area contributed by atoms with E-state index >= 15 is 0 Å². The monoisotopic (exact) mass is 441 g/mol. The fraction of sp³-hybridized carbons (Fsp3) is 0.280. The molecule has 168 valence electrons. The van der Waals surface area contributed by atoms with E-state index < -0.39 is 0 Å². The summed E-state index contributed by atoms with van der Waals surface area (Å²) in [4.78, 5) is 28.2. The minimum absolute atomic E-state index is 0.117. The molecule has 0 unspecified atom stereocenters. The summed E-state index contributed by atoms with van der Waals surface area (Å²) < 4.78 is 2.03. The number of amides is 1. The zero-order chi connectivity index (χ0) is 22.9. The molecule has 33 heavy (non-hydrogen) atoms. The van der Waals surface area contributed by atoms with Crippen molar-refractivity contribution in [2.45, 2.75) is 32.2 Å². The number of nitrogen functional groups attached to an aromatic ring is 1. The molecule has 4 heterocycles. The third-order valence-corrected chi connectivity index (χ3v) is 6.25. The van der Waals surface area contributed by atoms with Crippen LogP contribution in [0.15, 0.2) is 55.0 Å². The number of benzene rings is 1. The molecule has 1 saturated heterocycles. The van der Waals surface area contributed by atoms with Gasteiger partial charge in [0.25, 0.3) is 5.91 Å². The van der Waals surface area contributed by atoms with Crippen LogP contribution in [0, 0.1) is 0 Å². The Hall–Kier alpha value is -3.78. The van der Waals surface area contributed by atoms with Gasteiger partial charge in [0.05, 0.1) is 6.04 Å². The molecule has 1 atom stereocenters. The summed E-state index contributed by atoms with van der Waals surface area (Å²) in [7, 11) is 1.74. The Labute approximate surface area is 192 Å². The van der Waals surface area contributed by atoms with Gasteiger partial charge in [-0.15, -0.1) is 0 Å². The molecule has 3 aromatic heterocycles. The largest absolute Gasteiger partial charge is 0.382 e. The van der Waals surface area contributed by atoms with Crippen LogP contribution in [0.1, 0.15) is 47.6 Å². The van der Waals surface area contributed by atoms with Crippen molar-refractivity contribution in [1.29, 1.82) is 0 Å². The van der Waals surface area contributed by atoms with Crippen molar-refractivity contribution >= 4 is 23.1 Å². The molecule has 1 aliphatic heterocycles. The summed E-state index contributed by atoms with van der Waals surface area (Å²) in [6.45, 7) is 3.06. The molecule has 8 heteroatoms. The number of nitrogens with two attached hydrogens (primary N) is 1. The number of aryl methyl sites for hydroxylation is 1. The highest BCUT2D eigenvalue weighted by atomic mass is 16.2. The predicted octanol–water partition coefficient (Wildman–Crippen LogP) is 3.64. The zero-order valence-electron chi connectivity index (χ0n) is 18.8. The first-order valence-corrected chi connectivity index (χ1v) is 11.3. The maximum atomic E-state index is 13.1. The van der Waals surface area contributed by atoms with E-state index in [0.717, 1.165) is 54.0 Å². The molecule has 0 spiro atoms. The van der Waals surface area contributed by atoms with E-state index in [4.69, 9.17) is 10.7 Å². The summed E-state index contributed by atoms with van der Waals surface area (Å²) >= 11 is 0. The van der Waals surface area contributed by atoms with Gasteiger partial charge < -0.3 is 11.1 Å². The van der Waals surface area contributed by atoms with Gasteiger partial charge in [-0.1, -0.05) is 19.1 Å². The third kappa shape index (κ3) is 3.82. The highest BCUT2D eigenvalue weighted by molar-refractivity contribution is 6.05. The van der Waals surface area contributed by atoms with Gasteiger partial charge in [-0.25, -0.2) is 15.0 Å². The molecule has 4 aromatic rings. The number of rotatable bonds is 5. The van der Waals surface area contributed by atoms with E-state index in [1.807, 2.05) is 47.0 Å². The topological polar surface area (TPSA) is 101 Å². The lowest BCUT2D eigenvalue weighted by Crippen LogP contribution is -2.27. The lowest BCUT2D eigenvalue weighted by molar-refractivity contribution is 0.0992. The predicted molar refractivity (Wildman–Crippen MR) is 129 cm³/mol. The number of fused-ring (bicyclic) bond motifs is 1. The lowest BCUT2D eigenvalue weighted by Gasteiger charge is -2.17. The van der Waals surface area contributed by atoms with E-state index in [1.165, 1.54) is 0 Å². The number of aromatic nitrogens is 4. The summed E-state index contributed by atoms with van der Waals surface area (Å²) in [5.74, 6) is 1.89. The number of anilines is 2. The quantitative estimate of drug-likeness (QED) is 0.490. The molecule has 1 fully saturated rings. The van der Waals surface area contributed by atoms with E-state index in [-0.39, 0.29) is 11.9 Å². The number of carbonyl (C=O) groups is 1. The first-order valence-electron chi connectivity index (χ1n) is 11.3. The van der Waals surface area contributed by atoms with Crippen LogP contribution < -0.4 is 16.0 Å². The first-order chi connectivity index (χ1) is 16.1. The molecule has 0 radical (unpaired) electrons. The molecule has 3 N–H and O–H groups in total. The number of imidazole rings is 1. The molecule has 0 bridgehead atoms.